The van der Waals surface area contributed by atoms with Crippen LogP contribution >= 0.6 is 27.5 Å². The predicted molar refractivity (Wildman–Crippen MR) is 148 cm³/mol. The van der Waals surface area contributed by atoms with Gasteiger partial charge >= 0.3 is 77.3 Å². The zero-order valence-corrected chi connectivity index (χ0v) is 24.9. The van der Waals surface area contributed by atoms with E-state index < -0.39 is 18.4 Å². The molecule has 4 aromatic rings. The molecule has 0 unspecified atom stereocenters. The Morgan fingerprint density at radius 3 is 1.67 bits per heavy atom. The molecule has 0 radical (unpaired) electrons. The van der Waals surface area contributed by atoms with Crippen molar-refractivity contribution in [2.24, 2.45) is 0 Å². The van der Waals surface area contributed by atoms with Crippen molar-refractivity contribution in [3.05, 3.63) is 111 Å². The van der Waals surface area contributed by atoms with Crippen LogP contribution in [0.3, 0.4) is 0 Å². The van der Waals surface area contributed by atoms with Crippen LogP contribution in [0.15, 0.2) is 72.0 Å². The fourth-order valence-electron chi connectivity index (χ4n) is 2.41. The Bertz CT molecular complexity index is 1400. The summed E-state index contributed by atoms with van der Waals surface area (Å²) in [5.41, 5.74) is 3.02. The van der Waals surface area contributed by atoms with Crippen LogP contribution in [0.4, 0.5) is 17.1 Å². The minimum Gasteiger partial charge on any atom is -0.266 e. The van der Waals surface area contributed by atoms with Crippen molar-refractivity contribution in [2.75, 3.05) is 0 Å². The van der Waals surface area contributed by atoms with Crippen LogP contribution in [0, 0.1) is 19.7 Å². The Hall–Kier alpha value is -3.43. The van der Waals surface area contributed by atoms with Crippen molar-refractivity contribution < 1.29 is 0 Å². The molecule has 0 aliphatic rings. The maximum absolute atomic E-state index is 6.79. The van der Waals surface area contributed by atoms with Gasteiger partial charge in [-0.05, 0) is 28.1 Å². The first-order chi connectivity index (χ1) is 17.2. The zero-order chi connectivity index (χ0) is 26.6. The number of rotatable bonds is 2. The summed E-state index contributed by atoms with van der Waals surface area (Å²) in [5.74, 6) is 0. The topological polar surface area (TPSA) is 77.5 Å². The van der Waals surface area contributed by atoms with Gasteiger partial charge in [0, 0.05) is 18.5 Å². The van der Waals surface area contributed by atoms with Gasteiger partial charge in [-0.1, -0.05) is 23.7 Å². The molecule has 0 aromatic carbocycles. The van der Waals surface area contributed by atoms with Gasteiger partial charge in [0.1, 0.15) is 16.1 Å². The molecule has 0 aliphatic carbocycles. The second-order valence-electron chi connectivity index (χ2n) is 7.95. The van der Waals surface area contributed by atoms with Crippen LogP contribution in [-0.2, 0) is 0 Å². The van der Waals surface area contributed by atoms with Crippen molar-refractivity contribution >= 4 is 66.7 Å². The summed E-state index contributed by atoms with van der Waals surface area (Å²) in [7, 11) is 0. The van der Waals surface area contributed by atoms with Gasteiger partial charge in [0.05, 0.1) is 24.5 Å². The second-order valence-corrected chi connectivity index (χ2v) is 23.5. The molecular weight excluding hydrogens is 646 g/mol. The molecule has 4 rings (SSSR count). The molecule has 0 aliphatic heterocycles. The third-order valence-electron chi connectivity index (χ3n) is 4.26. The van der Waals surface area contributed by atoms with Crippen LogP contribution in [-0.4, -0.2) is 43.3 Å². The van der Waals surface area contributed by atoms with Crippen LogP contribution in [0.5, 0.6) is 0 Å². The smallest absolute Gasteiger partial charge is 0.205 e. The summed E-state index contributed by atoms with van der Waals surface area (Å²) in [6.07, 6.45) is 6.07. The average molecular weight is 667 g/mol. The van der Waals surface area contributed by atoms with Crippen LogP contribution in [0.2, 0.25) is 20.0 Å². The molecule has 0 fully saturated rings. The number of hydrogen-bond acceptors (Lipinski definition) is 5. The summed E-state index contributed by atoms with van der Waals surface area (Å²) >= 11 is 6.91. The van der Waals surface area contributed by atoms with Gasteiger partial charge in [0.2, 0.25) is 11.4 Å². The second kappa shape index (κ2) is 14.2. The predicted octanol–water partition coefficient (Wildman–Crippen LogP) is 7.32. The van der Waals surface area contributed by atoms with Crippen LogP contribution in [0.25, 0.3) is 25.9 Å². The third kappa shape index (κ3) is 9.67. The van der Waals surface area contributed by atoms with Crippen LogP contribution < -0.4 is 3.71 Å². The molecule has 4 aromatic heterocycles. The molecule has 0 saturated carbocycles. The van der Waals surface area contributed by atoms with Crippen molar-refractivity contribution in [3.63, 3.8) is 0 Å². The Kier molecular flexibility index (Phi) is 11.4. The first-order valence-electron chi connectivity index (χ1n) is 10.3. The SMILES string of the molecule is [C-]#[N+]c1cc[c]([Sn]([CH3])([CH3])[CH3])nc1.[C-]#[N+]c1ccc(-c2cc(Cl)ncn2)nc1.[C-]#[N+]c1ccc(Br)nc1. The fraction of sp³-hybridized carbons (Fsp3) is 0.120. The number of pyridine rings is 3. The van der Waals surface area contributed by atoms with E-state index >= 15 is 0 Å². The van der Waals surface area contributed by atoms with E-state index in [1.165, 1.54) is 22.4 Å². The largest absolute Gasteiger partial charge is 0.266 e. The molecule has 11 heteroatoms. The van der Waals surface area contributed by atoms with Crippen molar-refractivity contribution in [1.82, 2.24) is 24.9 Å². The average Bonchev–Trinajstić information content (AvgIpc) is 2.89. The van der Waals surface area contributed by atoms with E-state index in [2.05, 4.69) is 70.2 Å². The van der Waals surface area contributed by atoms with E-state index in [0.717, 1.165) is 4.60 Å². The molecular formula is C25H20BrClN8Sn. The van der Waals surface area contributed by atoms with Gasteiger partial charge in [-0.25, -0.2) is 19.7 Å². The number of nitrogens with zero attached hydrogens (tertiary/aromatic N) is 8. The van der Waals surface area contributed by atoms with E-state index in [1.807, 2.05) is 12.1 Å². The molecule has 178 valence electrons. The van der Waals surface area contributed by atoms with E-state index in [-0.39, 0.29) is 0 Å². The van der Waals surface area contributed by atoms with Crippen LogP contribution in [0.1, 0.15) is 0 Å². The Morgan fingerprint density at radius 1 is 0.694 bits per heavy atom. The number of aromatic nitrogens is 5. The molecule has 0 spiro atoms. The molecule has 0 atom stereocenters. The van der Waals surface area contributed by atoms with Crippen molar-refractivity contribution in [3.8, 4) is 11.4 Å². The Balaban J connectivity index is 0.000000197. The maximum Gasteiger partial charge on any atom is 0.205 e. The number of halogens is 2. The summed E-state index contributed by atoms with van der Waals surface area (Å²) in [6, 6.07) is 12.4. The minimum absolute atomic E-state index is 0.371. The molecule has 36 heavy (non-hydrogen) atoms. The van der Waals surface area contributed by atoms with E-state index in [9.17, 15) is 0 Å². The quantitative estimate of drug-likeness (QED) is 0.0971. The van der Waals surface area contributed by atoms with Crippen molar-refractivity contribution in [2.45, 2.75) is 14.8 Å². The van der Waals surface area contributed by atoms with E-state index in [1.54, 1.807) is 36.5 Å². The molecule has 0 saturated heterocycles. The van der Waals surface area contributed by atoms with Gasteiger partial charge in [-0.15, -0.1) is 0 Å². The summed E-state index contributed by atoms with van der Waals surface area (Å²) in [5, 5.41) is 0.371. The fourth-order valence-corrected chi connectivity index (χ4v) is 5.74. The van der Waals surface area contributed by atoms with E-state index in [4.69, 9.17) is 31.3 Å². The van der Waals surface area contributed by atoms with Crippen molar-refractivity contribution in [1.29, 1.82) is 0 Å². The first kappa shape index (κ1) is 28.8. The van der Waals surface area contributed by atoms with E-state index in [0.29, 0.717) is 33.6 Å². The Labute approximate surface area is 227 Å². The monoisotopic (exact) mass is 666 g/mol. The zero-order valence-electron chi connectivity index (χ0n) is 19.7. The van der Waals surface area contributed by atoms with Gasteiger partial charge in [-0.3, -0.25) is 9.97 Å². The summed E-state index contributed by atoms with van der Waals surface area (Å²) in [4.78, 5) is 36.7. The standard InChI is InChI=1S/C10H5ClN4.C6H3BrN2.C6H3N2.3CH3.Sn/c1-12-7-2-3-8(13-5-7)9-4-10(11)15-6-14-9;1-8-5-2-3-6(7)9-4-5;1-7-6-3-2-4-8-5-6;;;;/h2-6H;2-4H;2-3,5H;3*1H3;. The summed E-state index contributed by atoms with van der Waals surface area (Å²) in [6.45, 7) is 20.1. The maximum atomic E-state index is 6.79. The van der Waals surface area contributed by atoms with Gasteiger partial charge in [0.15, 0.2) is 0 Å². The number of hydrogen-bond donors (Lipinski definition) is 0. The molecule has 0 bridgehead atoms. The first-order valence-corrected chi connectivity index (χ1v) is 21.5. The van der Waals surface area contributed by atoms with Gasteiger partial charge in [0.25, 0.3) is 0 Å². The van der Waals surface area contributed by atoms with Gasteiger partial charge in [-0.2, -0.15) is 0 Å². The third-order valence-corrected chi connectivity index (χ3v) is 10.2. The van der Waals surface area contributed by atoms with Gasteiger partial charge < -0.3 is 0 Å². The molecule has 8 nitrogen and oxygen atoms in total. The summed E-state index contributed by atoms with van der Waals surface area (Å²) < 4.78 is 1.99. The minimum atomic E-state index is -1.98. The normalized spacial score (nSPS) is 9.72. The Morgan fingerprint density at radius 2 is 1.25 bits per heavy atom. The molecule has 4 heterocycles. The molecule has 0 amide bonds. The molecule has 0 N–H and O–H groups in total.